The molecule has 16 heavy (non-hydrogen) atoms. The van der Waals surface area contributed by atoms with Gasteiger partial charge < -0.3 is 10.6 Å². The third-order valence-corrected chi connectivity index (χ3v) is 3.07. The molecule has 1 heterocycles. The van der Waals surface area contributed by atoms with Crippen LogP contribution in [0.4, 0.5) is 5.69 Å². The molecule has 1 aliphatic heterocycles. The normalized spacial score (nSPS) is 13.9. The number of fused-ring (bicyclic) bond motifs is 1. The van der Waals surface area contributed by atoms with Gasteiger partial charge in [0.05, 0.1) is 0 Å². The van der Waals surface area contributed by atoms with Crippen molar-refractivity contribution in [1.29, 1.82) is 0 Å². The van der Waals surface area contributed by atoms with Crippen LogP contribution in [0.3, 0.4) is 0 Å². The summed E-state index contributed by atoms with van der Waals surface area (Å²) in [7, 11) is 0. The second-order valence-electron chi connectivity index (χ2n) is 4.88. The lowest BCUT2D eigenvalue weighted by Crippen LogP contribution is -2.23. The second kappa shape index (κ2) is 5.35. The van der Waals surface area contributed by atoms with Gasteiger partial charge in [-0.1, -0.05) is 26.0 Å². The maximum Gasteiger partial charge on any atom is 0.0373 e. The zero-order chi connectivity index (χ0) is 11.4. The van der Waals surface area contributed by atoms with E-state index in [4.69, 9.17) is 0 Å². The quantitative estimate of drug-likeness (QED) is 0.742. The zero-order valence-electron chi connectivity index (χ0n) is 10.3. The molecule has 2 nitrogen and oxygen atoms in total. The molecule has 2 rings (SSSR count). The summed E-state index contributed by atoms with van der Waals surface area (Å²) in [6.45, 7) is 6.61. The van der Waals surface area contributed by atoms with Crippen LogP contribution in [-0.4, -0.2) is 19.1 Å². The van der Waals surface area contributed by atoms with E-state index in [1.54, 1.807) is 0 Å². The highest BCUT2D eigenvalue weighted by molar-refractivity contribution is 5.56. The summed E-state index contributed by atoms with van der Waals surface area (Å²) in [5.74, 6) is 0. The molecule has 0 bridgehead atoms. The molecule has 2 N–H and O–H groups in total. The summed E-state index contributed by atoms with van der Waals surface area (Å²) < 4.78 is 0. The minimum absolute atomic E-state index is 0.601. The molecule has 0 aromatic heterocycles. The molecule has 0 saturated heterocycles. The fourth-order valence-electron chi connectivity index (χ4n) is 2.20. The first-order valence-corrected chi connectivity index (χ1v) is 6.35. The lowest BCUT2D eigenvalue weighted by molar-refractivity contribution is 0.570. The lowest BCUT2D eigenvalue weighted by Gasteiger charge is -2.08. The molecule has 0 aliphatic carbocycles. The van der Waals surface area contributed by atoms with E-state index in [2.05, 4.69) is 42.7 Å². The molecule has 0 atom stereocenters. The Hall–Kier alpha value is -1.02. The van der Waals surface area contributed by atoms with Crippen LogP contribution in [0.5, 0.6) is 0 Å². The van der Waals surface area contributed by atoms with Crippen LogP contribution in [0.15, 0.2) is 18.2 Å². The number of anilines is 1. The molecule has 1 aromatic carbocycles. The molecule has 88 valence electrons. The van der Waals surface area contributed by atoms with Crippen molar-refractivity contribution in [3.8, 4) is 0 Å². The average molecular weight is 218 g/mol. The van der Waals surface area contributed by atoms with Gasteiger partial charge in [0.15, 0.2) is 0 Å². The Morgan fingerprint density at radius 3 is 3.06 bits per heavy atom. The van der Waals surface area contributed by atoms with Crippen molar-refractivity contribution < 1.29 is 0 Å². The molecule has 0 spiro atoms. The molecule has 0 unspecified atom stereocenters. The van der Waals surface area contributed by atoms with Gasteiger partial charge in [-0.3, -0.25) is 0 Å². The third kappa shape index (κ3) is 2.99. The van der Waals surface area contributed by atoms with Gasteiger partial charge in [0.2, 0.25) is 0 Å². The molecule has 0 fully saturated rings. The summed E-state index contributed by atoms with van der Waals surface area (Å²) in [4.78, 5) is 0. The van der Waals surface area contributed by atoms with Crippen molar-refractivity contribution in [3.05, 3.63) is 29.3 Å². The Morgan fingerprint density at radius 2 is 2.25 bits per heavy atom. The maximum atomic E-state index is 3.46. The zero-order valence-corrected chi connectivity index (χ0v) is 10.3. The molecule has 1 aliphatic rings. The standard InChI is InChI=1S/C14H22N2/c1-11(2)15-8-3-4-12-5-6-14-13(10-12)7-9-16-14/h5-6,10-11,15-16H,3-4,7-9H2,1-2H3. The lowest BCUT2D eigenvalue weighted by atomic mass is 10.0. The minimum atomic E-state index is 0.601. The van der Waals surface area contributed by atoms with E-state index >= 15 is 0 Å². The number of hydrogen-bond donors (Lipinski definition) is 2. The van der Waals surface area contributed by atoms with Gasteiger partial charge in [-0.25, -0.2) is 0 Å². The first-order valence-electron chi connectivity index (χ1n) is 6.35. The SMILES string of the molecule is CC(C)NCCCc1ccc2c(c1)CCN2. The summed E-state index contributed by atoms with van der Waals surface area (Å²) >= 11 is 0. The highest BCUT2D eigenvalue weighted by Crippen LogP contribution is 2.23. The van der Waals surface area contributed by atoms with Crippen LogP contribution >= 0.6 is 0 Å². The monoisotopic (exact) mass is 218 g/mol. The van der Waals surface area contributed by atoms with E-state index in [0.717, 1.165) is 13.1 Å². The molecule has 0 radical (unpaired) electrons. The fraction of sp³-hybridized carbons (Fsp3) is 0.571. The van der Waals surface area contributed by atoms with Crippen LogP contribution in [0.25, 0.3) is 0 Å². The smallest absolute Gasteiger partial charge is 0.0373 e. The Morgan fingerprint density at radius 1 is 1.38 bits per heavy atom. The van der Waals surface area contributed by atoms with Gasteiger partial charge in [-0.2, -0.15) is 0 Å². The summed E-state index contributed by atoms with van der Waals surface area (Å²) in [6, 6.07) is 7.45. The van der Waals surface area contributed by atoms with Gasteiger partial charge in [0.1, 0.15) is 0 Å². The predicted molar refractivity (Wildman–Crippen MR) is 70.1 cm³/mol. The van der Waals surface area contributed by atoms with Gasteiger partial charge in [0.25, 0.3) is 0 Å². The highest BCUT2D eigenvalue weighted by Gasteiger charge is 2.09. The van der Waals surface area contributed by atoms with Gasteiger partial charge in [-0.05, 0) is 43.0 Å². The molecular weight excluding hydrogens is 196 g/mol. The highest BCUT2D eigenvalue weighted by atomic mass is 14.9. The Kier molecular flexibility index (Phi) is 3.83. The van der Waals surface area contributed by atoms with Crippen molar-refractivity contribution in [2.45, 2.75) is 39.2 Å². The number of benzene rings is 1. The largest absolute Gasteiger partial charge is 0.384 e. The van der Waals surface area contributed by atoms with Crippen LogP contribution in [-0.2, 0) is 12.8 Å². The number of aryl methyl sites for hydroxylation is 1. The topological polar surface area (TPSA) is 24.1 Å². The van der Waals surface area contributed by atoms with Crippen LogP contribution in [0.1, 0.15) is 31.4 Å². The molecule has 1 aromatic rings. The van der Waals surface area contributed by atoms with E-state index < -0.39 is 0 Å². The Balaban J connectivity index is 1.81. The van der Waals surface area contributed by atoms with Crippen LogP contribution in [0.2, 0.25) is 0 Å². The number of nitrogens with one attached hydrogen (secondary N) is 2. The van der Waals surface area contributed by atoms with E-state index in [0.29, 0.717) is 6.04 Å². The average Bonchev–Trinajstić information content (AvgIpc) is 2.71. The van der Waals surface area contributed by atoms with Gasteiger partial charge in [0, 0.05) is 18.3 Å². The van der Waals surface area contributed by atoms with Crippen molar-refractivity contribution >= 4 is 5.69 Å². The third-order valence-electron chi connectivity index (χ3n) is 3.07. The Labute approximate surface area is 98.4 Å². The molecule has 0 amide bonds. The van der Waals surface area contributed by atoms with Crippen molar-refractivity contribution in [2.75, 3.05) is 18.4 Å². The van der Waals surface area contributed by atoms with Crippen molar-refractivity contribution in [1.82, 2.24) is 5.32 Å². The number of hydrogen-bond acceptors (Lipinski definition) is 2. The summed E-state index contributed by atoms with van der Waals surface area (Å²) in [6.07, 6.45) is 3.60. The van der Waals surface area contributed by atoms with Crippen molar-refractivity contribution in [3.63, 3.8) is 0 Å². The van der Waals surface area contributed by atoms with Gasteiger partial charge in [-0.15, -0.1) is 0 Å². The van der Waals surface area contributed by atoms with E-state index in [1.807, 2.05) is 0 Å². The minimum Gasteiger partial charge on any atom is -0.384 e. The van der Waals surface area contributed by atoms with Crippen molar-refractivity contribution in [2.24, 2.45) is 0 Å². The second-order valence-corrected chi connectivity index (χ2v) is 4.88. The summed E-state index contributed by atoms with van der Waals surface area (Å²) in [5.41, 5.74) is 4.31. The molecule has 0 saturated carbocycles. The van der Waals surface area contributed by atoms with Gasteiger partial charge >= 0.3 is 0 Å². The number of rotatable bonds is 5. The van der Waals surface area contributed by atoms with Crippen LogP contribution in [0, 0.1) is 0 Å². The van der Waals surface area contributed by atoms with E-state index in [-0.39, 0.29) is 0 Å². The molecule has 2 heteroatoms. The maximum absolute atomic E-state index is 3.46. The van der Waals surface area contributed by atoms with Crippen LogP contribution < -0.4 is 10.6 Å². The first kappa shape index (κ1) is 11.5. The van der Waals surface area contributed by atoms with E-state index in [9.17, 15) is 0 Å². The Bertz CT molecular complexity index is 345. The summed E-state index contributed by atoms with van der Waals surface area (Å²) in [5, 5.41) is 6.85. The fourth-order valence-corrected chi connectivity index (χ4v) is 2.20. The predicted octanol–water partition coefficient (Wildman–Crippen LogP) is 2.59. The van der Waals surface area contributed by atoms with E-state index in [1.165, 1.54) is 36.1 Å². The molecular formula is C14H22N2. The first-order chi connectivity index (χ1) is 7.75.